The predicted molar refractivity (Wildman–Crippen MR) is 86.0 cm³/mol. The number of likely N-dealkylation sites (tertiary alicyclic amines) is 1. The van der Waals surface area contributed by atoms with E-state index in [1.165, 1.54) is 5.56 Å². The van der Waals surface area contributed by atoms with E-state index in [-0.39, 0.29) is 5.92 Å². The summed E-state index contributed by atoms with van der Waals surface area (Å²) >= 11 is 0. The molecule has 0 saturated carbocycles. The van der Waals surface area contributed by atoms with Crippen LogP contribution in [0.5, 0.6) is 0 Å². The average molecular weight is 297 g/mol. The molecule has 0 aromatic carbocycles. The average Bonchev–Trinajstić information content (AvgIpc) is 2.97. The van der Waals surface area contributed by atoms with Crippen LogP contribution < -0.4 is 5.32 Å². The molecule has 1 aromatic rings. The van der Waals surface area contributed by atoms with Gasteiger partial charge in [0.15, 0.2) is 0 Å². The molecule has 1 aromatic heterocycles. The summed E-state index contributed by atoms with van der Waals surface area (Å²) in [6, 6.07) is 8.49. The molecule has 1 aliphatic rings. The summed E-state index contributed by atoms with van der Waals surface area (Å²) in [5.41, 5.74) is 1.21. The van der Waals surface area contributed by atoms with Gasteiger partial charge in [-0.1, -0.05) is 0 Å². The highest BCUT2D eigenvalue weighted by atomic mass is 15.2. The van der Waals surface area contributed by atoms with Gasteiger partial charge in [0.25, 0.3) is 0 Å². The Hall–Kier alpha value is -2.11. The van der Waals surface area contributed by atoms with Gasteiger partial charge in [0.05, 0.1) is 18.1 Å². The van der Waals surface area contributed by atoms with Gasteiger partial charge in [-0.3, -0.25) is 0 Å². The van der Waals surface area contributed by atoms with Crippen molar-refractivity contribution in [2.24, 2.45) is 11.8 Å². The smallest absolute Gasteiger partial charge is 0.126 e. The molecule has 1 fully saturated rings. The molecular weight excluding hydrogens is 274 g/mol. The van der Waals surface area contributed by atoms with Crippen LogP contribution in [-0.2, 0) is 0 Å². The second-order valence-corrected chi connectivity index (χ2v) is 6.04. The van der Waals surface area contributed by atoms with Gasteiger partial charge in [0.2, 0.25) is 0 Å². The second kappa shape index (κ2) is 8.36. The number of hydrogen-bond acceptors (Lipinski definition) is 5. The number of nitriles is 2. The Morgan fingerprint density at radius 2 is 2.36 bits per heavy atom. The van der Waals surface area contributed by atoms with E-state index in [9.17, 15) is 0 Å². The molecular formula is C17H23N5. The molecule has 5 nitrogen and oxygen atoms in total. The van der Waals surface area contributed by atoms with E-state index in [0.717, 1.165) is 38.4 Å². The molecule has 22 heavy (non-hydrogen) atoms. The van der Waals surface area contributed by atoms with Gasteiger partial charge in [-0.2, -0.15) is 10.5 Å². The van der Waals surface area contributed by atoms with Crippen molar-refractivity contribution in [3.63, 3.8) is 0 Å². The first kappa shape index (κ1) is 16.3. The van der Waals surface area contributed by atoms with Crippen molar-refractivity contribution in [3.05, 3.63) is 23.9 Å². The fourth-order valence-electron chi connectivity index (χ4n) is 2.87. The molecule has 0 spiro atoms. The van der Waals surface area contributed by atoms with Crippen LogP contribution in [0.15, 0.2) is 18.3 Å². The minimum absolute atomic E-state index is 0.0233. The van der Waals surface area contributed by atoms with Crippen molar-refractivity contribution in [2.45, 2.75) is 26.2 Å². The SMILES string of the molecule is Cc1ccnc(NC[C@@H]2CCN(C[C@H](C#N)CCC#N)C2)c1. The molecule has 2 rings (SSSR count). The predicted octanol–water partition coefficient (Wildman–Crippen LogP) is 2.57. The van der Waals surface area contributed by atoms with Crippen LogP contribution in [0.3, 0.4) is 0 Å². The molecule has 2 atom stereocenters. The van der Waals surface area contributed by atoms with Crippen LogP contribution in [0.1, 0.15) is 24.8 Å². The van der Waals surface area contributed by atoms with Gasteiger partial charge in [0, 0.05) is 32.3 Å². The fourth-order valence-corrected chi connectivity index (χ4v) is 2.87. The van der Waals surface area contributed by atoms with Gasteiger partial charge in [-0.05, 0) is 49.9 Å². The summed E-state index contributed by atoms with van der Waals surface area (Å²) in [6.45, 7) is 5.83. The van der Waals surface area contributed by atoms with Crippen LogP contribution in [-0.4, -0.2) is 36.1 Å². The maximum atomic E-state index is 9.15. The first-order chi connectivity index (χ1) is 10.7. The Bertz CT molecular complexity index is 557. The van der Waals surface area contributed by atoms with Crippen molar-refractivity contribution in [1.82, 2.24) is 9.88 Å². The zero-order valence-electron chi connectivity index (χ0n) is 13.1. The van der Waals surface area contributed by atoms with Crippen molar-refractivity contribution in [3.8, 4) is 12.1 Å². The summed E-state index contributed by atoms with van der Waals surface area (Å²) < 4.78 is 0. The third-order valence-corrected chi connectivity index (χ3v) is 4.12. The topological polar surface area (TPSA) is 75.7 Å². The lowest BCUT2D eigenvalue weighted by Crippen LogP contribution is -2.28. The van der Waals surface area contributed by atoms with Crippen molar-refractivity contribution >= 4 is 5.82 Å². The van der Waals surface area contributed by atoms with Crippen LogP contribution in [0.4, 0.5) is 5.82 Å². The normalized spacial score (nSPS) is 19.3. The lowest BCUT2D eigenvalue weighted by atomic mass is 10.1. The maximum absolute atomic E-state index is 9.15. The Morgan fingerprint density at radius 1 is 1.50 bits per heavy atom. The Balaban J connectivity index is 1.73. The van der Waals surface area contributed by atoms with Crippen LogP contribution >= 0.6 is 0 Å². The largest absolute Gasteiger partial charge is 0.370 e. The quantitative estimate of drug-likeness (QED) is 0.837. The van der Waals surface area contributed by atoms with E-state index in [4.69, 9.17) is 10.5 Å². The molecule has 0 radical (unpaired) electrons. The number of nitrogens with zero attached hydrogens (tertiary/aromatic N) is 4. The minimum atomic E-state index is -0.0233. The van der Waals surface area contributed by atoms with Crippen LogP contribution in [0.2, 0.25) is 0 Å². The third-order valence-electron chi connectivity index (χ3n) is 4.12. The molecule has 0 bridgehead atoms. The number of aromatic nitrogens is 1. The summed E-state index contributed by atoms with van der Waals surface area (Å²) in [5, 5.41) is 21.2. The number of pyridine rings is 1. The molecule has 116 valence electrons. The Morgan fingerprint density at radius 3 is 3.09 bits per heavy atom. The summed E-state index contributed by atoms with van der Waals surface area (Å²) in [6.07, 6.45) is 4.12. The van der Waals surface area contributed by atoms with Gasteiger partial charge in [-0.25, -0.2) is 4.98 Å². The highest BCUT2D eigenvalue weighted by Crippen LogP contribution is 2.19. The number of nitrogens with one attached hydrogen (secondary N) is 1. The first-order valence-electron chi connectivity index (χ1n) is 7.86. The van der Waals surface area contributed by atoms with Crippen LogP contribution in [0, 0.1) is 41.4 Å². The summed E-state index contributed by atoms with van der Waals surface area (Å²) in [4.78, 5) is 6.67. The summed E-state index contributed by atoms with van der Waals surface area (Å²) in [7, 11) is 0. The van der Waals surface area contributed by atoms with Crippen molar-refractivity contribution in [1.29, 1.82) is 10.5 Å². The molecule has 0 amide bonds. The standard InChI is InChI=1S/C17H23N5/c1-14-4-7-20-17(9-14)21-11-16-5-8-22(13-16)12-15(10-19)3-2-6-18/h4,7,9,15-16H,2-3,5,8,11-13H2,1H3,(H,20,21)/t15-,16-/m0/s1. The number of aryl methyl sites for hydroxylation is 1. The van der Waals surface area contributed by atoms with E-state index in [1.54, 1.807) is 0 Å². The highest BCUT2D eigenvalue weighted by molar-refractivity contribution is 5.36. The van der Waals surface area contributed by atoms with E-state index in [1.807, 2.05) is 12.3 Å². The third kappa shape index (κ3) is 5.02. The van der Waals surface area contributed by atoms with Gasteiger partial charge in [0.1, 0.15) is 5.82 Å². The number of anilines is 1. The zero-order valence-corrected chi connectivity index (χ0v) is 13.1. The Labute approximate surface area is 132 Å². The maximum Gasteiger partial charge on any atom is 0.126 e. The monoisotopic (exact) mass is 297 g/mol. The fraction of sp³-hybridized carbons (Fsp3) is 0.588. The minimum Gasteiger partial charge on any atom is -0.370 e. The zero-order chi connectivity index (χ0) is 15.8. The second-order valence-electron chi connectivity index (χ2n) is 6.04. The molecule has 0 aliphatic carbocycles. The lowest BCUT2D eigenvalue weighted by molar-refractivity contribution is 0.290. The summed E-state index contributed by atoms with van der Waals surface area (Å²) in [5.74, 6) is 1.50. The van der Waals surface area contributed by atoms with E-state index in [0.29, 0.717) is 18.8 Å². The lowest BCUT2D eigenvalue weighted by Gasteiger charge is -2.19. The molecule has 0 unspecified atom stereocenters. The molecule has 5 heteroatoms. The molecule has 2 heterocycles. The van der Waals surface area contributed by atoms with E-state index >= 15 is 0 Å². The van der Waals surface area contributed by atoms with E-state index < -0.39 is 0 Å². The molecule has 1 aliphatic heterocycles. The molecule has 1 saturated heterocycles. The van der Waals surface area contributed by atoms with Crippen molar-refractivity contribution < 1.29 is 0 Å². The van der Waals surface area contributed by atoms with Crippen molar-refractivity contribution in [2.75, 3.05) is 31.5 Å². The molecule has 1 N–H and O–H groups in total. The Kier molecular flexibility index (Phi) is 6.18. The first-order valence-corrected chi connectivity index (χ1v) is 7.86. The van der Waals surface area contributed by atoms with E-state index in [2.05, 4.69) is 40.3 Å². The number of rotatable bonds is 7. The van der Waals surface area contributed by atoms with Gasteiger partial charge >= 0.3 is 0 Å². The highest BCUT2D eigenvalue weighted by Gasteiger charge is 2.24. The van der Waals surface area contributed by atoms with Gasteiger partial charge in [-0.15, -0.1) is 0 Å². The number of hydrogen-bond donors (Lipinski definition) is 1. The van der Waals surface area contributed by atoms with Gasteiger partial charge < -0.3 is 10.2 Å². The van der Waals surface area contributed by atoms with Crippen LogP contribution in [0.25, 0.3) is 0 Å².